The molecule has 1 fully saturated rings. The number of β-amino-alcohol motifs (C(OH)–C–C–N with tert-alkyl or cyclic N) is 1. The van der Waals surface area contributed by atoms with Gasteiger partial charge in [-0.3, -0.25) is 4.79 Å². The summed E-state index contributed by atoms with van der Waals surface area (Å²) in [6.45, 7) is 4.79. The monoisotopic (exact) mass is 360 g/mol. The summed E-state index contributed by atoms with van der Waals surface area (Å²) in [5.41, 5.74) is 2.40. The number of amides is 1. The molecule has 7 heteroatoms. The fourth-order valence-electron chi connectivity index (χ4n) is 3.53. The fraction of sp³-hybridized carbons (Fsp3) is 0.579. The van der Waals surface area contributed by atoms with E-state index in [1.54, 1.807) is 4.90 Å². The zero-order chi connectivity index (χ0) is 18.7. The normalized spacial score (nSPS) is 17.2. The van der Waals surface area contributed by atoms with E-state index in [0.717, 1.165) is 36.4 Å². The van der Waals surface area contributed by atoms with Gasteiger partial charge in [-0.2, -0.15) is 0 Å². The van der Waals surface area contributed by atoms with Gasteiger partial charge in [-0.1, -0.05) is 0 Å². The van der Waals surface area contributed by atoms with Gasteiger partial charge in [0.05, 0.1) is 17.1 Å². The molecule has 0 spiro atoms. The number of hydrogen-bond donors (Lipinski definition) is 2. The second-order valence-electron chi connectivity index (χ2n) is 6.88. The first kappa shape index (κ1) is 18.7. The highest BCUT2D eigenvalue weighted by Gasteiger charge is 2.24. The average Bonchev–Trinajstić information content (AvgIpc) is 3.21. The number of unbranched alkanes of at least 4 members (excludes halogenated alkanes) is 1. The summed E-state index contributed by atoms with van der Waals surface area (Å²) in [5.74, 6) is 0.826. The van der Waals surface area contributed by atoms with Crippen molar-refractivity contribution in [2.45, 2.75) is 32.3 Å². The number of carbonyl (C=O) groups excluding carboxylic acids is 1. The third kappa shape index (κ3) is 3.68. The topological polar surface area (TPSA) is 81.8 Å². The standard InChI is InChI=1S/C19H28N4O3/c1-3-22(9-4-5-11-24)18(26)14-6-7-17-16(12-14)20-19(21(17)2)23-10-8-15(25)13-23/h6-7,12,15,24-25H,3-5,8-11,13H2,1-2H3/t15-/m0/s1. The number of aliphatic hydroxyl groups is 2. The summed E-state index contributed by atoms with van der Waals surface area (Å²) >= 11 is 0. The third-order valence-electron chi connectivity index (χ3n) is 5.06. The Morgan fingerprint density at radius 1 is 1.38 bits per heavy atom. The van der Waals surface area contributed by atoms with E-state index >= 15 is 0 Å². The van der Waals surface area contributed by atoms with Crippen LogP contribution in [0.3, 0.4) is 0 Å². The van der Waals surface area contributed by atoms with Crippen LogP contribution < -0.4 is 4.90 Å². The first-order valence-corrected chi connectivity index (χ1v) is 9.34. The number of nitrogens with zero attached hydrogens (tertiary/aromatic N) is 4. The van der Waals surface area contributed by atoms with E-state index in [4.69, 9.17) is 10.1 Å². The molecule has 1 atom stereocenters. The van der Waals surface area contributed by atoms with Crippen LogP contribution in [0.2, 0.25) is 0 Å². The molecule has 2 N–H and O–H groups in total. The summed E-state index contributed by atoms with van der Waals surface area (Å²) in [5, 5.41) is 18.7. The van der Waals surface area contributed by atoms with Gasteiger partial charge in [-0.25, -0.2) is 4.98 Å². The molecule has 1 saturated heterocycles. The molecule has 1 aliphatic rings. The highest BCUT2D eigenvalue weighted by Crippen LogP contribution is 2.25. The molecule has 0 radical (unpaired) electrons. The molecule has 2 heterocycles. The van der Waals surface area contributed by atoms with Gasteiger partial charge in [0.1, 0.15) is 0 Å². The van der Waals surface area contributed by atoms with Crippen molar-refractivity contribution in [3.63, 3.8) is 0 Å². The van der Waals surface area contributed by atoms with Crippen LogP contribution in [0.1, 0.15) is 36.5 Å². The number of hydrogen-bond acceptors (Lipinski definition) is 5. The van der Waals surface area contributed by atoms with Crippen molar-refractivity contribution in [3.05, 3.63) is 23.8 Å². The summed E-state index contributed by atoms with van der Waals surface area (Å²) in [6, 6.07) is 5.64. The average molecular weight is 360 g/mol. The van der Waals surface area contributed by atoms with Crippen LogP contribution in [-0.4, -0.2) is 69.5 Å². The van der Waals surface area contributed by atoms with E-state index < -0.39 is 0 Å². The highest BCUT2D eigenvalue weighted by molar-refractivity contribution is 5.97. The predicted octanol–water partition coefficient (Wildman–Crippen LogP) is 1.38. The van der Waals surface area contributed by atoms with E-state index in [1.165, 1.54) is 0 Å². The Hall–Kier alpha value is -2.12. The number of anilines is 1. The molecule has 0 bridgehead atoms. The van der Waals surface area contributed by atoms with Gasteiger partial charge in [0.15, 0.2) is 0 Å². The largest absolute Gasteiger partial charge is 0.396 e. The van der Waals surface area contributed by atoms with Gasteiger partial charge in [0, 0.05) is 45.4 Å². The number of fused-ring (bicyclic) bond motifs is 1. The maximum atomic E-state index is 12.8. The minimum atomic E-state index is -0.302. The van der Waals surface area contributed by atoms with Crippen molar-refractivity contribution in [2.24, 2.45) is 7.05 Å². The van der Waals surface area contributed by atoms with Crippen LogP contribution >= 0.6 is 0 Å². The number of aliphatic hydroxyl groups excluding tert-OH is 2. The molecular weight excluding hydrogens is 332 g/mol. The molecule has 1 aromatic heterocycles. The molecule has 142 valence electrons. The molecular formula is C19H28N4O3. The van der Waals surface area contributed by atoms with E-state index in [-0.39, 0.29) is 18.6 Å². The minimum absolute atomic E-state index is 0.00358. The Morgan fingerprint density at radius 2 is 2.19 bits per heavy atom. The summed E-state index contributed by atoms with van der Waals surface area (Å²) < 4.78 is 2.01. The zero-order valence-electron chi connectivity index (χ0n) is 15.6. The number of aromatic nitrogens is 2. The van der Waals surface area contributed by atoms with Crippen LogP contribution in [-0.2, 0) is 7.05 Å². The van der Waals surface area contributed by atoms with Gasteiger partial charge in [-0.15, -0.1) is 0 Å². The van der Waals surface area contributed by atoms with Crippen molar-refractivity contribution < 1.29 is 15.0 Å². The lowest BCUT2D eigenvalue weighted by molar-refractivity contribution is 0.0759. The van der Waals surface area contributed by atoms with Crippen molar-refractivity contribution in [1.82, 2.24) is 14.5 Å². The van der Waals surface area contributed by atoms with Crippen LogP contribution in [0.4, 0.5) is 5.95 Å². The summed E-state index contributed by atoms with van der Waals surface area (Å²) in [6.07, 6.45) is 1.95. The van der Waals surface area contributed by atoms with E-state index in [0.29, 0.717) is 31.6 Å². The first-order chi connectivity index (χ1) is 12.5. The lowest BCUT2D eigenvalue weighted by atomic mass is 10.1. The molecule has 0 aliphatic carbocycles. The van der Waals surface area contributed by atoms with Gasteiger partial charge < -0.3 is 24.6 Å². The summed E-state index contributed by atoms with van der Waals surface area (Å²) in [7, 11) is 1.96. The van der Waals surface area contributed by atoms with E-state index in [1.807, 2.05) is 36.7 Å². The van der Waals surface area contributed by atoms with Gasteiger partial charge in [0.2, 0.25) is 5.95 Å². The van der Waals surface area contributed by atoms with Gasteiger partial charge >= 0.3 is 0 Å². The Labute approximate surface area is 153 Å². The number of rotatable bonds is 7. The quantitative estimate of drug-likeness (QED) is 0.729. The maximum Gasteiger partial charge on any atom is 0.253 e. The van der Waals surface area contributed by atoms with Crippen molar-refractivity contribution in [2.75, 3.05) is 37.7 Å². The molecule has 1 aliphatic heterocycles. The number of benzene rings is 1. The molecule has 26 heavy (non-hydrogen) atoms. The van der Waals surface area contributed by atoms with Crippen LogP contribution in [0.15, 0.2) is 18.2 Å². The third-order valence-corrected chi connectivity index (χ3v) is 5.06. The van der Waals surface area contributed by atoms with Crippen molar-refractivity contribution in [3.8, 4) is 0 Å². The highest BCUT2D eigenvalue weighted by atomic mass is 16.3. The number of imidazole rings is 1. The van der Waals surface area contributed by atoms with Gasteiger partial charge in [-0.05, 0) is 44.4 Å². The lowest BCUT2D eigenvalue weighted by Crippen LogP contribution is -2.31. The Bertz CT molecular complexity index is 773. The summed E-state index contributed by atoms with van der Waals surface area (Å²) in [4.78, 5) is 21.4. The minimum Gasteiger partial charge on any atom is -0.396 e. The van der Waals surface area contributed by atoms with Crippen molar-refractivity contribution >= 4 is 22.9 Å². The second kappa shape index (κ2) is 8.05. The van der Waals surface area contributed by atoms with Crippen LogP contribution in [0.5, 0.6) is 0 Å². The van der Waals surface area contributed by atoms with Crippen LogP contribution in [0.25, 0.3) is 11.0 Å². The Balaban J connectivity index is 1.83. The van der Waals surface area contributed by atoms with Crippen molar-refractivity contribution in [1.29, 1.82) is 0 Å². The molecule has 2 aromatic rings. The molecule has 0 saturated carbocycles. The lowest BCUT2D eigenvalue weighted by Gasteiger charge is -2.20. The Kier molecular flexibility index (Phi) is 5.78. The fourth-order valence-corrected chi connectivity index (χ4v) is 3.53. The number of aryl methyl sites for hydroxylation is 1. The SMILES string of the molecule is CCN(CCCCO)C(=O)c1ccc2c(c1)nc(N1CC[C@H](O)C1)n2C. The predicted molar refractivity (Wildman–Crippen MR) is 101 cm³/mol. The molecule has 7 nitrogen and oxygen atoms in total. The Morgan fingerprint density at radius 3 is 2.85 bits per heavy atom. The maximum absolute atomic E-state index is 12.8. The molecule has 0 unspecified atom stereocenters. The van der Waals surface area contributed by atoms with Crippen LogP contribution in [0, 0.1) is 0 Å². The zero-order valence-corrected chi connectivity index (χ0v) is 15.6. The molecule has 1 amide bonds. The first-order valence-electron chi connectivity index (χ1n) is 9.34. The molecule has 3 rings (SSSR count). The van der Waals surface area contributed by atoms with E-state index in [9.17, 15) is 9.90 Å². The van der Waals surface area contributed by atoms with E-state index in [2.05, 4.69) is 4.90 Å². The number of carbonyl (C=O) groups is 1. The smallest absolute Gasteiger partial charge is 0.253 e. The second-order valence-corrected chi connectivity index (χ2v) is 6.88. The molecule has 1 aromatic carbocycles. The van der Waals surface area contributed by atoms with Gasteiger partial charge in [0.25, 0.3) is 5.91 Å².